The number of anilines is 1. The van der Waals surface area contributed by atoms with Crippen LogP contribution in [0.3, 0.4) is 0 Å². The van der Waals surface area contributed by atoms with Gasteiger partial charge in [0.2, 0.25) is 5.91 Å². The van der Waals surface area contributed by atoms with Crippen LogP contribution in [0.15, 0.2) is 47.4 Å². The van der Waals surface area contributed by atoms with Gasteiger partial charge >= 0.3 is 0 Å². The quantitative estimate of drug-likeness (QED) is 0.798. The van der Waals surface area contributed by atoms with E-state index < -0.39 is 0 Å². The maximum atomic E-state index is 11.9. The van der Waals surface area contributed by atoms with Crippen LogP contribution >= 0.6 is 35.0 Å². The van der Waals surface area contributed by atoms with Gasteiger partial charge in [0.1, 0.15) is 0 Å². The minimum atomic E-state index is -0.110. The first-order chi connectivity index (χ1) is 9.56. The highest BCUT2D eigenvalue weighted by molar-refractivity contribution is 8.00. The molecule has 1 amide bonds. The van der Waals surface area contributed by atoms with Crippen molar-refractivity contribution in [2.45, 2.75) is 11.8 Å². The van der Waals surface area contributed by atoms with E-state index in [-0.39, 0.29) is 11.7 Å². The number of amides is 1. The van der Waals surface area contributed by atoms with E-state index in [0.717, 1.165) is 10.5 Å². The Kier molecular flexibility index (Phi) is 5.35. The topological polar surface area (TPSA) is 29.1 Å². The summed E-state index contributed by atoms with van der Waals surface area (Å²) in [5, 5.41) is 3.99. The molecule has 0 atom stereocenters. The Morgan fingerprint density at radius 3 is 2.60 bits per heavy atom. The number of aryl methyl sites for hydroxylation is 1. The van der Waals surface area contributed by atoms with E-state index in [4.69, 9.17) is 23.2 Å². The molecule has 0 aromatic heterocycles. The zero-order chi connectivity index (χ0) is 14.5. The number of carbonyl (C=O) groups is 1. The molecule has 2 aromatic rings. The first-order valence-corrected chi connectivity index (χ1v) is 7.74. The molecule has 2 aromatic carbocycles. The number of hydrogen-bond acceptors (Lipinski definition) is 2. The van der Waals surface area contributed by atoms with Gasteiger partial charge in [-0.1, -0.05) is 41.4 Å². The van der Waals surface area contributed by atoms with Crippen LogP contribution in [0.4, 0.5) is 5.69 Å². The highest BCUT2D eigenvalue weighted by Gasteiger charge is 2.08. The number of hydrogen-bond donors (Lipinski definition) is 1. The van der Waals surface area contributed by atoms with Crippen LogP contribution in [0.25, 0.3) is 0 Å². The number of rotatable bonds is 4. The van der Waals surface area contributed by atoms with Gasteiger partial charge in [-0.2, -0.15) is 0 Å². The molecule has 5 heteroatoms. The van der Waals surface area contributed by atoms with Gasteiger partial charge in [-0.15, -0.1) is 11.8 Å². The fourth-order valence-corrected chi connectivity index (χ4v) is 2.93. The van der Waals surface area contributed by atoms with Crippen molar-refractivity contribution in [3.05, 3.63) is 58.1 Å². The minimum Gasteiger partial charge on any atom is -0.324 e. The zero-order valence-corrected chi connectivity index (χ0v) is 13.1. The fraction of sp³-hybridized carbons (Fsp3) is 0.133. The van der Waals surface area contributed by atoms with Crippen molar-refractivity contribution in [1.29, 1.82) is 0 Å². The van der Waals surface area contributed by atoms with E-state index in [1.165, 1.54) is 11.8 Å². The average Bonchev–Trinajstić information content (AvgIpc) is 2.41. The van der Waals surface area contributed by atoms with Crippen LogP contribution in [0.2, 0.25) is 10.0 Å². The van der Waals surface area contributed by atoms with Gasteiger partial charge in [0, 0.05) is 4.90 Å². The van der Waals surface area contributed by atoms with Crippen LogP contribution in [-0.2, 0) is 4.79 Å². The number of halogens is 2. The lowest BCUT2D eigenvalue weighted by Gasteiger charge is -2.08. The summed E-state index contributed by atoms with van der Waals surface area (Å²) >= 11 is 13.5. The second kappa shape index (κ2) is 7.02. The third-order valence-electron chi connectivity index (χ3n) is 2.59. The molecule has 0 radical (unpaired) electrons. The van der Waals surface area contributed by atoms with Crippen molar-refractivity contribution < 1.29 is 4.79 Å². The first kappa shape index (κ1) is 15.2. The molecule has 2 nitrogen and oxygen atoms in total. The molecule has 1 N–H and O–H groups in total. The Bertz CT molecular complexity index is 631. The van der Waals surface area contributed by atoms with Gasteiger partial charge in [0.15, 0.2) is 0 Å². The fourth-order valence-electron chi connectivity index (χ4n) is 1.61. The Morgan fingerprint density at radius 1 is 1.15 bits per heavy atom. The predicted molar refractivity (Wildman–Crippen MR) is 87.0 cm³/mol. The van der Waals surface area contributed by atoms with Gasteiger partial charge in [-0.3, -0.25) is 4.79 Å². The summed E-state index contributed by atoms with van der Waals surface area (Å²) < 4.78 is 0. The molecular weight excluding hydrogens is 313 g/mol. The van der Waals surface area contributed by atoms with E-state index in [9.17, 15) is 4.79 Å². The van der Waals surface area contributed by atoms with Crippen molar-refractivity contribution in [2.75, 3.05) is 11.1 Å². The lowest BCUT2D eigenvalue weighted by atomic mass is 10.2. The van der Waals surface area contributed by atoms with Crippen LogP contribution in [0.1, 0.15) is 5.56 Å². The predicted octanol–water partition coefficient (Wildman–Crippen LogP) is 5.03. The maximum absolute atomic E-state index is 11.9. The van der Waals surface area contributed by atoms with Crippen molar-refractivity contribution in [3.8, 4) is 0 Å². The molecule has 0 unspecified atom stereocenters. The third kappa shape index (κ3) is 4.17. The van der Waals surface area contributed by atoms with Crippen LogP contribution in [0, 0.1) is 6.92 Å². The molecule has 0 aliphatic rings. The van der Waals surface area contributed by atoms with Gasteiger partial charge in [-0.25, -0.2) is 0 Å². The molecule has 0 aliphatic carbocycles. The molecule has 0 spiro atoms. The van der Waals surface area contributed by atoms with E-state index >= 15 is 0 Å². The Hall–Kier alpha value is -1.16. The number of nitrogens with one attached hydrogen (secondary N) is 1. The largest absolute Gasteiger partial charge is 0.324 e. The number of benzene rings is 2. The van der Waals surface area contributed by atoms with E-state index in [1.807, 2.05) is 37.3 Å². The summed E-state index contributed by atoms with van der Waals surface area (Å²) in [6, 6.07) is 13.0. The Morgan fingerprint density at radius 2 is 1.90 bits per heavy atom. The summed E-state index contributed by atoms with van der Waals surface area (Å²) in [7, 11) is 0. The summed E-state index contributed by atoms with van der Waals surface area (Å²) in [5.41, 5.74) is 1.68. The minimum absolute atomic E-state index is 0.110. The summed E-state index contributed by atoms with van der Waals surface area (Å²) in [4.78, 5) is 12.8. The highest BCUT2D eigenvalue weighted by Crippen LogP contribution is 2.27. The normalized spacial score (nSPS) is 10.3. The van der Waals surface area contributed by atoms with Crippen molar-refractivity contribution in [2.24, 2.45) is 0 Å². The number of carbonyl (C=O) groups excluding carboxylic acids is 1. The molecule has 0 heterocycles. The molecule has 20 heavy (non-hydrogen) atoms. The second-order valence-electron chi connectivity index (χ2n) is 4.25. The lowest BCUT2D eigenvalue weighted by molar-refractivity contribution is -0.113. The molecule has 0 bridgehead atoms. The van der Waals surface area contributed by atoms with E-state index in [1.54, 1.807) is 12.1 Å². The summed E-state index contributed by atoms with van der Waals surface area (Å²) in [6.45, 7) is 1.95. The smallest absolute Gasteiger partial charge is 0.234 e. The van der Waals surface area contributed by atoms with Gasteiger partial charge in [0.25, 0.3) is 0 Å². The Labute approximate surface area is 132 Å². The number of thioether (sulfide) groups is 1. The summed E-state index contributed by atoms with van der Waals surface area (Å²) in [5.74, 6) is 0.175. The maximum Gasteiger partial charge on any atom is 0.234 e. The lowest BCUT2D eigenvalue weighted by Crippen LogP contribution is -2.14. The van der Waals surface area contributed by atoms with Crippen LogP contribution in [0.5, 0.6) is 0 Å². The monoisotopic (exact) mass is 325 g/mol. The molecule has 0 fully saturated rings. The Balaban J connectivity index is 1.94. The molecule has 2 rings (SSSR count). The van der Waals surface area contributed by atoms with Gasteiger partial charge < -0.3 is 5.32 Å². The molecule has 104 valence electrons. The zero-order valence-electron chi connectivity index (χ0n) is 10.8. The van der Waals surface area contributed by atoms with Crippen molar-refractivity contribution in [3.63, 3.8) is 0 Å². The van der Waals surface area contributed by atoms with E-state index in [0.29, 0.717) is 15.7 Å². The average molecular weight is 326 g/mol. The highest BCUT2D eigenvalue weighted by atomic mass is 35.5. The standard InChI is InChI=1S/C15H13Cl2NOS/c1-10-6-7-13(12(17)8-10)18-15(19)9-20-14-5-3-2-4-11(14)16/h2-8H,9H2,1H3,(H,18,19). The molecule has 0 aliphatic heterocycles. The van der Waals surface area contributed by atoms with E-state index in [2.05, 4.69) is 5.32 Å². The summed E-state index contributed by atoms with van der Waals surface area (Å²) in [6.07, 6.45) is 0. The van der Waals surface area contributed by atoms with Gasteiger partial charge in [0.05, 0.1) is 21.5 Å². The SMILES string of the molecule is Cc1ccc(NC(=O)CSc2ccccc2Cl)c(Cl)c1. The first-order valence-electron chi connectivity index (χ1n) is 5.99. The molecule has 0 saturated heterocycles. The third-order valence-corrected chi connectivity index (χ3v) is 4.42. The van der Waals surface area contributed by atoms with Crippen molar-refractivity contribution in [1.82, 2.24) is 0 Å². The van der Waals surface area contributed by atoms with Gasteiger partial charge in [-0.05, 0) is 36.8 Å². The second-order valence-corrected chi connectivity index (χ2v) is 6.08. The molecular formula is C15H13Cl2NOS. The van der Waals surface area contributed by atoms with Crippen LogP contribution in [-0.4, -0.2) is 11.7 Å². The molecule has 0 saturated carbocycles. The van der Waals surface area contributed by atoms with Crippen LogP contribution < -0.4 is 5.32 Å². The van der Waals surface area contributed by atoms with Crippen molar-refractivity contribution >= 4 is 46.6 Å².